The van der Waals surface area contributed by atoms with E-state index in [1.165, 1.54) is 0 Å². The van der Waals surface area contributed by atoms with Gasteiger partial charge in [-0.2, -0.15) is 9.52 Å². The lowest BCUT2D eigenvalue weighted by Gasteiger charge is -2.07. The predicted molar refractivity (Wildman–Crippen MR) is 52.3 cm³/mol. The molecule has 3 nitrogen and oxygen atoms in total. The standard InChI is InChI=1S/C9H7NO2S/c11-9(12)13-8-4-2-1-3-7(8)5-6-10-13/h1-6,10H/p+1. The molecule has 66 valence electrons. The lowest BCUT2D eigenvalue weighted by molar-refractivity contribution is 0.221. The first kappa shape index (κ1) is 8.19. The molecule has 0 aliphatic carbocycles. The Morgan fingerprint density at radius 3 is 2.92 bits per heavy atom. The fourth-order valence-corrected chi connectivity index (χ4v) is 2.41. The second-order valence-electron chi connectivity index (χ2n) is 2.56. The topological polar surface area (TPSA) is 49.3 Å². The first-order chi connectivity index (χ1) is 6.29. The van der Waals surface area contributed by atoms with Crippen molar-refractivity contribution in [2.45, 2.75) is 4.90 Å². The van der Waals surface area contributed by atoms with Gasteiger partial charge in [-0.3, -0.25) is 0 Å². The first-order valence-electron chi connectivity index (χ1n) is 3.78. The largest absolute Gasteiger partial charge is 0.556 e. The lowest BCUT2D eigenvalue weighted by atomic mass is 10.2. The van der Waals surface area contributed by atoms with Crippen molar-refractivity contribution in [3.63, 3.8) is 0 Å². The first-order valence-corrected chi connectivity index (χ1v) is 5.00. The molecule has 13 heavy (non-hydrogen) atoms. The van der Waals surface area contributed by atoms with Crippen LogP contribution in [0.5, 0.6) is 0 Å². The molecule has 0 saturated heterocycles. The summed E-state index contributed by atoms with van der Waals surface area (Å²) in [4.78, 5) is 11.7. The van der Waals surface area contributed by atoms with Gasteiger partial charge in [0.15, 0.2) is 0 Å². The molecular weight excluding hydrogens is 186 g/mol. The highest BCUT2D eigenvalue weighted by Gasteiger charge is 2.35. The summed E-state index contributed by atoms with van der Waals surface area (Å²) < 4.78 is 2.82. The second-order valence-corrected chi connectivity index (χ2v) is 4.20. The average Bonchev–Trinajstić information content (AvgIpc) is 2.17. The van der Waals surface area contributed by atoms with Gasteiger partial charge < -0.3 is 5.11 Å². The Bertz CT molecular complexity index is 376. The molecule has 1 unspecified atom stereocenters. The van der Waals surface area contributed by atoms with Gasteiger partial charge in [-0.05, 0) is 18.2 Å². The maximum Gasteiger partial charge on any atom is 0.556 e. The lowest BCUT2D eigenvalue weighted by Crippen LogP contribution is -2.28. The minimum absolute atomic E-state index is 0.822. The third-order valence-electron chi connectivity index (χ3n) is 1.76. The number of nitrogens with one attached hydrogen (secondary N) is 1. The molecule has 1 aliphatic rings. The Hall–Kier alpha value is -1.42. The van der Waals surface area contributed by atoms with Gasteiger partial charge in [-0.25, -0.2) is 0 Å². The fraction of sp³-hybridized carbons (Fsp3) is 0. The zero-order chi connectivity index (χ0) is 9.26. The minimum atomic E-state index is -0.891. The van der Waals surface area contributed by atoms with E-state index in [0.717, 1.165) is 10.5 Å². The van der Waals surface area contributed by atoms with E-state index < -0.39 is 16.4 Å². The van der Waals surface area contributed by atoms with E-state index in [9.17, 15) is 4.79 Å². The molecule has 1 heterocycles. The van der Waals surface area contributed by atoms with Crippen LogP contribution in [0, 0.1) is 0 Å². The minimum Gasteiger partial charge on any atom is -0.439 e. The van der Waals surface area contributed by atoms with Gasteiger partial charge in [0.05, 0.1) is 0 Å². The highest BCUT2D eigenvalue weighted by Crippen LogP contribution is 2.22. The normalized spacial score (nSPS) is 18.9. The van der Waals surface area contributed by atoms with Gasteiger partial charge in [-0.1, -0.05) is 12.1 Å². The summed E-state index contributed by atoms with van der Waals surface area (Å²) in [6, 6.07) is 7.50. The summed E-state index contributed by atoms with van der Waals surface area (Å²) >= 11 is -0.891. The van der Waals surface area contributed by atoms with E-state index >= 15 is 0 Å². The smallest absolute Gasteiger partial charge is 0.439 e. The van der Waals surface area contributed by atoms with Crippen molar-refractivity contribution in [3.05, 3.63) is 36.0 Å². The van der Waals surface area contributed by atoms with Gasteiger partial charge in [0, 0.05) is 11.8 Å². The monoisotopic (exact) mass is 194 g/mol. The zero-order valence-corrected chi connectivity index (χ0v) is 7.54. The van der Waals surface area contributed by atoms with Crippen molar-refractivity contribution in [2.24, 2.45) is 0 Å². The molecular formula is C9H8NO2S+. The van der Waals surface area contributed by atoms with Crippen LogP contribution in [0.1, 0.15) is 5.56 Å². The van der Waals surface area contributed by atoms with E-state index in [2.05, 4.69) is 4.72 Å². The van der Waals surface area contributed by atoms with Crippen LogP contribution in [0.15, 0.2) is 35.4 Å². The van der Waals surface area contributed by atoms with Crippen molar-refractivity contribution >= 4 is 22.5 Å². The molecule has 0 spiro atoms. The van der Waals surface area contributed by atoms with Crippen LogP contribution in [0.2, 0.25) is 0 Å². The summed E-state index contributed by atoms with van der Waals surface area (Å²) in [6.07, 6.45) is 3.56. The number of rotatable bonds is 0. The number of carbonyl (C=O) groups is 1. The van der Waals surface area contributed by atoms with Crippen LogP contribution in [0.25, 0.3) is 6.08 Å². The van der Waals surface area contributed by atoms with E-state index in [-0.39, 0.29) is 0 Å². The van der Waals surface area contributed by atoms with Gasteiger partial charge in [0.25, 0.3) is 11.1 Å². The number of carboxylic acid groups (broad SMARTS) is 1. The third-order valence-corrected chi connectivity index (χ3v) is 3.29. The zero-order valence-electron chi connectivity index (χ0n) is 6.73. The quantitative estimate of drug-likeness (QED) is 0.619. The Kier molecular flexibility index (Phi) is 1.98. The maximum atomic E-state index is 10.8. The molecule has 0 amide bonds. The van der Waals surface area contributed by atoms with Crippen LogP contribution < -0.4 is 4.72 Å². The average molecular weight is 194 g/mol. The summed E-state index contributed by atoms with van der Waals surface area (Å²) in [5.41, 5.74) is 0.979. The molecule has 2 N–H and O–H groups in total. The van der Waals surface area contributed by atoms with Crippen molar-refractivity contribution < 1.29 is 9.90 Å². The highest BCUT2D eigenvalue weighted by molar-refractivity contribution is 8.09. The molecule has 1 atom stereocenters. The Morgan fingerprint density at radius 1 is 1.38 bits per heavy atom. The molecule has 0 bridgehead atoms. The van der Waals surface area contributed by atoms with E-state index in [0.29, 0.717) is 0 Å². The maximum absolute atomic E-state index is 10.8. The highest BCUT2D eigenvalue weighted by atomic mass is 32.2. The number of benzene rings is 1. The van der Waals surface area contributed by atoms with Gasteiger partial charge in [0.2, 0.25) is 4.90 Å². The summed E-state index contributed by atoms with van der Waals surface area (Å²) in [5.74, 6) is 0. The van der Waals surface area contributed by atoms with Crippen LogP contribution in [0.4, 0.5) is 4.79 Å². The summed E-state index contributed by atoms with van der Waals surface area (Å²) in [6.45, 7) is 0. The van der Waals surface area contributed by atoms with E-state index in [1.807, 2.05) is 30.3 Å². The van der Waals surface area contributed by atoms with Crippen LogP contribution in [0.3, 0.4) is 0 Å². The molecule has 0 radical (unpaired) electrons. The third kappa shape index (κ3) is 1.40. The van der Waals surface area contributed by atoms with Crippen molar-refractivity contribution in [3.8, 4) is 0 Å². The second kappa shape index (κ2) is 3.14. The summed E-state index contributed by atoms with van der Waals surface area (Å²) in [5, 5.41) is 8.08. The number of hydrogen-bond donors (Lipinski definition) is 2. The predicted octanol–water partition coefficient (Wildman–Crippen LogP) is 1.83. The van der Waals surface area contributed by atoms with Crippen LogP contribution in [-0.4, -0.2) is 10.4 Å². The number of fused-ring (bicyclic) bond motifs is 1. The van der Waals surface area contributed by atoms with Crippen molar-refractivity contribution in [1.82, 2.24) is 4.72 Å². The molecule has 0 fully saturated rings. The number of hydrogen-bond acceptors (Lipinski definition) is 2. The SMILES string of the molecule is O=C(O)[S+]1NC=Cc2ccccc21. The molecule has 4 heteroatoms. The van der Waals surface area contributed by atoms with Crippen LogP contribution >= 0.6 is 0 Å². The van der Waals surface area contributed by atoms with Crippen LogP contribution in [-0.2, 0) is 11.1 Å². The van der Waals surface area contributed by atoms with Gasteiger partial charge in [0.1, 0.15) is 0 Å². The van der Waals surface area contributed by atoms with Crippen molar-refractivity contribution in [2.75, 3.05) is 0 Å². The molecule has 2 rings (SSSR count). The van der Waals surface area contributed by atoms with E-state index in [4.69, 9.17) is 5.11 Å². The van der Waals surface area contributed by atoms with Crippen molar-refractivity contribution in [1.29, 1.82) is 0 Å². The van der Waals surface area contributed by atoms with Gasteiger partial charge in [-0.15, -0.1) is 0 Å². The fourth-order valence-electron chi connectivity index (χ4n) is 1.20. The summed E-state index contributed by atoms with van der Waals surface area (Å²) in [7, 11) is 0. The molecule has 1 aliphatic heterocycles. The van der Waals surface area contributed by atoms with E-state index in [1.54, 1.807) is 6.20 Å². The van der Waals surface area contributed by atoms with Gasteiger partial charge >= 0.3 is 5.30 Å². The Labute approximate surface area is 78.6 Å². The Balaban J connectivity index is 2.49. The Morgan fingerprint density at radius 2 is 2.15 bits per heavy atom. The molecule has 1 aromatic carbocycles. The molecule has 1 aromatic rings. The molecule has 0 saturated carbocycles. The molecule has 0 aromatic heterocycles.